The van der Waals surface area contributed by atoms with Gasteiger partial charge in [0.2, 0.25) is 5.91 Å². The number of nitrogens with zero attached hydrogens (tertiary/aromatic N) is 3. The zero-order valence-corrected chi connectivity index (χ0v) is 22.0. The minimum Gasteiger partial charge on any atom is -0.337 e. The standard InChI is InChI=1S/C31H38FN3O2/c1-31(2)25-13-12-24(27(31)21-25)22-35(29(36)20-23-8-4-3-5-9-23)19-16-33-14-17-34(18-15-33)30(37)26-10-6-7-11-28(26)32/h3-12,25,27H,13-22H2,1-2H3. The maximum absolute atomic E-state index is 14.1. The van der Waals surface area contributed by atoms with E-state index in [1.807, 2.05) is 35.2 Å². The monoisotopic (exact) mass is 503 g/mol. The Morgan fingerprint density at radius 1 is 1.00 bits per heavy atom. The number of piperazine rings is 1. The molecule has 3 aliphatic carbocycles. The summed E-state index contributed by atoms with van der Waals surface area (Å²) in [7, 11) is 0. The van der Waals surface area contributed by atoms with Crippen LogP contribution in [0.4, 0.5) is 4.39 Å². The molecule has 6 heteroatoms. The fourth-order valence-electron chi connectivity index (χ4n) is 6.29. The largest absolute Gasteiger partial charge is 0.337 e. The van der Waals surface area contributed by atoms with Gasteiger partial charge in [0.15, 0.2) is 0 Å². The van der Waals surface area contributed by atoms with E-state index in [-0.39, 0.29) is 17.4 Å². The number of halogens is 1. The van der Waals surface area contributed by atoms with E-state index in [0.29, 0.717) is 43.9 Å². The van der Waals surface area contributed by atoms with Crippen molar-refractivity contribution in [3.8, 4) is 0 Å². The second kappa shape index (κ2) is 10.8. The molecule has 1 saturated heterocycles. The third kappa shape index (κ3) is 5.49. The summed E-state index contributed by atoms with van der Waals surface area (Å²) in [6.07, 6.45) is 5.17. The van der Waals surface area contributed by atoms with Crippen molar-refractivity contribution in [2.24, 2.45) is 17.3 Å². The third-order valence-electron chi connectivity index (χ3n) is 8.96. The summed E-state index contributed by atoms with van der Waals surface area (Å²) in [6.45, 7) is 9.46. The summed E-state index contributed by atoms with van der Waals surface area (Å²) in [4.78, 5) is 32.3. The number of amides is 2. The fourth-order valence-corrected chi connectivity index (χ4v) is 6.29. The lowest BCUT2D eigenvalue weighted by molar-refractivity contribution is -0.130. The quantitative estimate of drug-likeness (QED) is 0.493. The number of allylic oxidation sites excluding steroid dienone is 1. The molecular weight excluding hydrogens is 465 g/mol. The van der Waals surface area contributed by atoms with E-state index in [1.165, 1.54) is 18.1 Å². The van der Waals surface area contributed by atoms with Crippen molar-refractivity contribution in [2.75, 3.05) is 45.8 Å². The molecule has 2 fully saturated rings. The van der Waals surface area contributed by atoms with Gasteiger partial charge in [0.05, 0.1) is 12.0 Å². The fraction of sp³-hybridized carbons (Fsp3) is 0.484. The maximum Gasteiger partial charge on any atom is 0.256 e. The molecule has 6 rings (SSSR count). The minimum atomic E-state index is -0.472. The van der Waals surface area contributed by atoms with Gasteiger partial charge in [0, 0.05) is 45.8 Å². The van der Waals surface area contributed by atoms with Gasteiger partial charge in [-0.15, -0.1) is 0 Å². The van der Waals surface area contributed by atoms with Crippen LogP contribution in [0.25, 0.3) is 0 Å². The number of rotatable bonds is 8. The molecule has 196 valence electrons. The van der Waals surface area contributed by atoms with Gasteiger partial charge in [-0.25, -0.2) is 4.39 Å². The molecule has 0 spiro atoms. The highest BCUT2D eigenvalue weighted by Gasteiger charge is 2.51. The lowest BCUT2D eigenvalue weighted by Gasteiger charge is -2.57. The van der Waals surface area contributed by atoms with Gasteiger partial charge in [-0.2, -0.15) is 0 Å². The van der Waals surface area contributed by atoms with E-state index in [2.05, 4.69) is 24.8 Å². The van der Waals surface area contributed by atoms with Crippen molar-refractivity contribution in [1.29, 1.82) is 0 Å². The molecule has 2 aromatic carbocycles. The second-order valence-corrected chi connectivity index (χ2v) is 11.4. The van der Waals surface area contributed by atoms with Crippen molar-refractivity contribution >= 4 is 11.8 Å². The van der Waals surface area contributed by atoms with E-state index < -0.39 is 5.82 Å². The summed E-state index contributed by atoms with van der Waals surface area (Å²) >= 11 is 0. The molecule has 2 amide bonds. The molecule has 4 aliphatic rings. The molecule has 2 atom stereocenters. The molecule has 1 saturated carbocycles. The van der Waals surface area contributed by atoms with Crippen molar-refractivity contribution in [1.82, 2.24) is 14.7 Å². The van der Waals surface area contributed by atoms with Crippen LogP contribution in [-0.2, 0) is 11.2 Å². The van der Waals surface area contributed by atoms with Crippen LogP contribution in [0.1, 0.15) is 42.6 Å². The minimum absolute atomic E-state index is 0.135. The van der Waals surface area contributed by atoms with Crippen molar-refractivity contribution in [3.05, 3.63) is 83.2 Å². The number of hydrogen-bond donors (Lipinski definition) is 0. The molecule has 5 nitrogen and oxygen atoms in total. The lowest BCUT2D eigenvalue weighted by atomic mass is 9.49. The van der Waals surface area contributed by atoms with Gasteiger partial charge in [0.1, 0.15) is 5.82 Å². The van der Waals surface area contributed by atoms with Crippen LogP contribution in [0, 0.1) is 23.1 Å². The SMILES string of the molecule is CC1(C)C2CC=C(CN(CCN3CCN(C(=O)c4ccccc4F)CC3)C(=O)Cc3ccccc3)C1C2. The predicted molar refractivity (Wildman–Crippen MR) is 144 cm³/mol. The number of benzene rings is 2. The molecule has 1 aliphatic heterocycles. The van der Waals surface area contributed by atoms with Crippen LogP contribution < -0.4 is 0 Å². The first kappa shape index (κ1) is 25.7. The summed E-state index contributed by atoms with van der Waals surface area (Å²) in [5.41, 5.74) is 2.93. The highest BCUT2D eigenvalue weighted by molar-refractivity contribution is 5.94. The Bertz CT molecular complexity index is 1150. The summed E-state index contributed by atoms with van der Waals surface area (Å²) in [6, 6.07) is 16.1. The van der Waals surface area contributed by atoms with Crippen molar-refractivity contribution < 1.29 is 14.0 Å². The molecule has 0 N–H and O–H groups in total. The summed E-state index contributed by atoms with van der Waals surface area (Å²) < 4.78 is 14.1. The first-order valence-electron chi connectivity index (χ1n) is 13.6. The molecule has 2 bridgehead atoms. The topological polar surface area (TPSA) is 43.9 Å². The third-order valence-corrected chi connectivity index (χ3v) is 8.96. The number of hydrogen-bond acceptors (Lipinski definition) is 3. The number of carbonyl (C=O) groups is 2. The molecule has 0 aromatic heterocycles. The van der Waals surface area contributed by atoms with Gasteiger partial charge < -0.3 is 9.80 Å². The van der Waals surface area contributed by atoms with Gasteiger partial charge in [0.25, 0.3) is 5.91 Å². The second-order valence-electron chi connectivity index (χ2n) is 11.4. The number of carbonyl (C=O) groups excluding carboxylic acids is 2. The van der Waals surface area contributed by atoms with Crippen LogP contribution >= 0.6 is 0 Å². The van der Waals surface area contributed by atoms with Gasteiger partial charge >= 0.3 is 0 Å². The highest BCUT2D eigenvalue weighted by Crippen LogP contribution is 2.59. The maximum atomic E-state index is 14.1. The zero-order chi connectivity index (χ0) is 26.0. The van der Waals surface area contributed by atoms with E-state index >= 15 is 0 Å². The van der Waals surface area contributed by atoms with Crippen LogP contribution in [0.3, 0.4) is 0 Å². The first-order valence-corrected chi connectivity index (χ1v) is 13.6. The van der Waals surface area contributed by atoms with Crippen molar-refractivity contribution in [3.63, 3.8) is 0 Å². The molecule has 1 heterocycles. The number of fused-ring (bicyclic) bond motifs is 1. The molecule has 2 unspecified atom stereocenters. The van der Waals surface area contributed by atoms with Crippen LogP contribution in [0.5, 0.6) is 0 Å². The lowest BCUT2D eigenvalue weighted by Crippen LogP contribution is -2.52. The van der Waals surface area contributed by atoms with E-state index in [9.17, 15) is 14.0 Å². The Hall–Kier alpha value is -2.99. The Morgan fingerprint density at radius 3 is 2.38 bits per heavy atom. The smallest absolute Gasteiger partial charge is 0.256 e. The van der Waals surface area contributed by atoms with E-state index in [4.69, 9.17) is 0 Å². The van der Waals surface area contributed by atoms with Crippen LogP contribution in [-0.4, -0.2) is 72.3 Å². The average molecular weight is 504 g/mol. The first-order chi connectivity index (χ1) is 17.8. The van der Waals surface area contributed by atoms with Gasteiger partial charge in [-0.3, -0.25) is 14.5 Å². The van der Waals surface area contributed by atoms with Crippen molar-refractivity contribution in [2.45, 2.75) is 33.1 Å². The zero-order valence-electron chi connectivity index (χ0n) is 22.0. The molecule has 37 heavy (non-hydrogen) atoms. The molecular formula is C31H38FN3O2. The van der Waals surface area contributed by atoms with E-state index in [1.54, 1.807) is 23.1 Å². The Kier molecular flexibility index (Phi) is 7.47. The Morgan fingerprint density at radius 2 is 1.70 bits per heavy atom. The van der Waals surface area contributed by atoms with Gasteiger partial charge in [-0.1, -0.05) is 68.0 Å². The van der Waals surface area contributed by atoms with Crippen LogP contribution in [0.2, 0.25) is 0 Å². The molecule has 0 radical (unpaired) electrons. The van der Waals surface area contributed by atoms with E-state index in [0.717, 1.165) is 37.5 Å². The Balaban J connectivity index is 1.20. The predicted octanol–water partition coefficient (Wildman–Crippen LogP) is 4.65. The average Bonchev–Trinajstić information content (AvgIpc) is 2.91. The van der Waals surface area contributed by atoms with Crippen LogP contribution in [0.15, 0.2) is 66.2 Å². The summed E-state index contributed by atoms with van der Waals surface area (Å²) in [5, 5.41) is 0. The normalized spacial score (nSPS) is 22.7. The van der Waals surface area contributed by atoms with Gasteiger partial charge in [-0.05, 0) is 47.8 Å². The highest BCUT2D eigenvalue weighted by atomic mass is 19.1. The Labute approximate surface area is 219 Å². The summed E-state index contributed by atoms with van der Waals surface area (Å²) in [5.74, 6) is 0.799. The molecule has 2 aromatic rings.